The maximum absolute atomic E-state index is 9.26. The number of hydrogen-bond donors (Lipinski definition) is 3. The third-order valence-corrected chi connectivity index (χ3v) is 6.39. The van der Waals surface area contributed by atoms with Crippen LogP contribution in [0.3, 0.4) is 0 Å². The molecule has 2 fully saturated rings. The van der Waals surface area contributed by atoms with Crippen molar-refractivity contribution >= 4 is 23.4 Å². The number of nitrogens with zero attached hydrogens (tertiary/aromatic N) is 5. The standard InChI is InChI=1S/C22H29ClN8O/c1-32-11-10-25-15-2-4-16(5-3-15)29-21-27-12-17(23)19(31-21)20-26-9-6-18(30-20)28-14-22(13-24)7-8-22/h6,9,12,15-16,25H,2-5,7-8,10-11,14H2,1H3,(H,26,28,30)(H,27,29,31). The third-order valence-electron chi connectivity index (χ3n) is 6.11. The fourth-order valence-corrected chi connectivity index (χ4v) is 4.07. The molecule has 2 aromatic heterocycles. The lowest BCUT2D eigenvalue weighted by Crippen LogP contribution is -2.38. The number of methoxy groups -OCH3 is 1. The first-order valence-electron chi connectivity index (χ1n) is 11.1. The van der Waals surface area contributed by atoms with Crippen LogP contribution in [-0.4, -0.2) is 58.8 Å². The lowest BCUT2D eigenvalue weighted by molar-refractivity contribution is 0.191. The number of anilines is 2. The topological polar surface area (TPSA) is 121 Å². The van der Waals surface area contributed by atoms with E-state index in [1.165, 1.54) is 0 Å². The van der Waals surface area contributed by atoms with E-state index in [2.05, 4.69) is 42.0 Å². The van der Waals surface area contributed by atoms with Gasteiger partial charge in [-0.3, -0.25) is 0 Å². The van der Waals surface area contributed by atoms with Gasteiger partial charge in [-0.2, -0.15) is 5.26 Å². The SMILES string of the molecule is COCCNC1CCC(Nc2ncc(Cl)c(-c3nccc(NCC4(C#N)CC4)n3)n2)CC1. The van der Waals surface area contributed by atoms with Crippen LogP contribution in [-0.2, 0) is 4.74 Å². The van der Waals surface area contributed by atoms with Crippen molar-refractivity contribution in [3.63, 3.8) is 0 Å². The van der Waals surface area contributed by atoms with Crippen molar-refractivity contribution in [2.45, 2.75) is 50.6 Å². The molecule has 170 valence electrons. The van der Waals surface area contributed by atoms with Crippen LogP contribution in [0.15, 0.2) is 18.5 Å². The monoisotopic (exact) mass is 456 g/mol. The highest BCUT2D eigenvalue weighted by atomic mass is 35.5. The van der Waals surface area contributed by atoms with Crippen LogP contribution in [0.2, 0.25) is 5.02 Å². The van der Waals surface area contributed by atoms with E-state index in [1.54, 1.807) is 25.6 Å². The summed E-state index contributed by atoms with van der Waals surface area (Å²) in [5, 5.41) is 19.9. The molecule has 2 aromatic rings. The minimum Gasteiger partial charge on any atom is -0.383 e. The van der Waals surface area contributed by atoms with Gasteiger partial charge in [-0.25, -0.2) is 19.9 Å². The zero-order valence-corrected chi connectivity index (χ0v) is 19.0. The Bertz CT molecular complexity index is 953. The van der Waals surface area contributed by atoms with Crippen molar-refractivity contribution < 1.29 is 4.74 Å². The van der Waals surface area contributed by atoms with E-state index in [9.17, 15) is 5.26 Å². The number of nitriles is 1. The summed E-state index contributed by atoms with van der Waals surface area (Å²) in [7, 11) is 1.72. The number of nitrogens with one attached hydrogen (secondary N) is 3. The first kappa shape index (κ1) is 22.6. The predicted molar refractivity (Wildman–Crippen MR) is 123 cm³/mol. The summed E-state index contributed by atoms with van der Waals surface area (Å²) in [5.74, 6) is 1.61. The maximum atomic E-state index is 9.26. The first-order valence-corrected chi connectivity index (χ1v) is 11.5. The molecule has 4 rings (SSSR count). The van der Waals surface area contributed by atoms with Crippen LogP contribution in [0.5, 0.6) is 0 Å². The molecule has 0 saturated heterocycles. The smallest absolute Gasteiger partial charge is 0.223 e. The van der Waals surface area contributed by atoms with Crippen molar-refractivity contribution in [3.05, 3.63) is 23.5 Å². The van der Waals surface area contributed by atoms with Crippen molar-refractivity contribution in [2.24, 2.45) is 5.41 Å². The van der Waals surface area contributed by atoms with Crippen molar-refractivity contribution in [1.29, 1.82) is 5.26 Å². The Morgan fingerprint density at radius 3 is 2.69 bits per heavy atom. The molecule has 2 saturated carbocycles. The second-order valence-electron chi connectivity index (χ2n) is 8.54. The van der Waals surface area contributed by atoms with Crippen molar-refractivity contribution in [1.82, 2.24) is 25.3 Å². The van der Waals surface area contributed by atoms with Gasteiger partial charge in [0.1, 0.15) is 11.5 Å². The van der Waals surface area contributed by atoms with Gasteiger partial charge in [0.05, 0.1) is 29.3 Å². The van der Waals surface area contributed by atoms with E-state index in [0.29, 0.717) is 46.9 Å². The molecule has 10 heteroatoms. The molecule has 2 aliphatic carbocycles. The van der Waals surface area contributed by atoms with Gasteiger partial charge < -0.3 is 20.7 Å². The largest absolute Gasteiger partial charge is 0.383 e. The van der Waals surface area contributed by atoms with E-state index in [4.69, 9.17) is 16.3 Å². The highest BCUT2D eigenvalue weighted by Crippen LogP contribution is 2.44. The van der Waals surface area contributed by atoms with Crippen LogP contribution < -0.4 is 16.0 Å². The Morgan fingerprint density at radius 2 is 1.97 bits per heavy atom. The van der Waals surface area contributed by atoms with Gasteiger partial charge in [0.2, 0.25) is 5.95 Å². The van der Waals surface area contributed by atoms with Crippen LogP contribution >= 0.6 is 11.6 Å². The van der Waals surface area contributed by atoms with E-state index < -0.39 is 0 Å². The molecule has 0 aliphatic heterocycles. The predicted octanol–water partition coefficient (Wildman–Crippen LogP) is 3.26. The molecule has 9 nitrogen and oxygen atoms in total. The third kappa shape index (κ3) is 5.82. The first-order chi connectivity index (χ1) is 15.6. The van der Waals surface area contributed by atoms with E-state index >= 15 is 0 Å². The average Bonchev–Trinajstić information content (AvgIpc) is 3.61. The minimum atomic E-state index is -0.257. The minimum absolute atomic E-state index is 0.257. The Labute approximate surface area is 193 Å². The highest BCUT2D eigenvalue weighted by molar-refractivity contribution is 6.32. The van der Waals surface area contributed by atoms with Gasteiger partial charge >= 0.3 is 0 Å². The summed E-state index contributed by atoms with van der Waals surface area (Å²) in [6.45, 7) is 2.19. The van der Waals surface area contributed by atoms with Gasteiger partial charge in [0.25, 0.3) is 0 Å². The summed E-state index contributed by atoms with van der Waals surface area (Å²) in [4.78, 5) is 17.9. The van der Waals surface area contributed by atoms with E-state index in [1.807, 2.05) is 0 Å². The van der Waals surface area contributed by atoms with Gasteiger partial charge in [0, 0.05) is 38.5 Å². The molecule has 0 atom stereocenters. The zero-order chi connectivity index (χ0) is 22.4. The van der Waals surface area contributed by atoms with Crippen molar-refractivity contribution in [3.8, 4) is 17.6 Å². The summed E-state index contributed by atoms with van der Waals surface area (Å²) in [5.41, 5.74) is 0.233. The fourth-order valence-electron chi connectivity index (χ4n) is 3.89. The molecule has 0 spiro atoms. The Balaban J connectivity index is 1.37. The summed E-state index contributed by atoms with van der Waals surface area (Å²) in [6, 6.07) is 5.01. The Hall–Kier alpha value is -2.54. The summed E-state index contributed by atoms with van der Waals surface area (Å²) >= 11 is 6.37. The molecule has 0 bridgehead atoms. The normalized spacial score (nSPS) is 21.5. The molecular formula is C22H29ClN8O. The van der Waals surface area contributed by atoms with Crippen LogP contribution in [0.4, 0.5) is 11.8 Å². The summed E-state index contributed by atoms with van der Waals surface area (Å²) < 4.78 is 5.10. The number of halogens is 1. The molecule has 2 aliphatic rings. The number of aromatic nitrogens is 4. The molecular weight excluding hydrogens is 428 g/mol. The number of ether oxygens (including phenoxy) is 1. The van der Waals surface area contributed by atoms with E-state index in [0.717, 1.165) is 51.7 Å². The van der Waals surface area contributed by atoms with Crippen LogP contribution in [0.1, 0.15) is 38.5 Å². The Morgan fingerprint density at radius 1 is 1.19 bits per heavy atom. The van der Waals surface area contributed by atoms with Crippen LogP contribution in [0, 0.1) is 16.7 Å². The number of rotatable bonds is 10. The van der Waals surface area contributed by atoms with Crippen LogP contribution in [0.25, 0.3) is 11.5 Å². The second-order valence-corrected chi connectivity index (χ2v) is 8.95. The lowest BCUT2D eigenvalue weighted by atomic mass is 9.91. The van der Waals surface area contributed by atoms with E-state index in [-0.39, 0.29) is 5.41 Å². The van der Waals surface area contributed by atoms with Gasteiger partial charge in [-0.05, 0) is 44.6 Å². The molecule has 0 aromatic carbocycles. The molecule has 0 unspecified atom stereocenters. The molecule has 32 heavy (non-hydrogen) atoms. The zero-order valence-electron chi connectivity index (χ0n) is 18.3. The fraction of sp³-hybridized carbons (Fsp3) is 0.591. The molecule has 0 radical (unpaired) electrons. The summed E-state index contributed by atoms with van der Waals surface area (Å²) in [6.07, 6.45) is 9.39. The lowest BCUT2D eigenvalue weighted by Gasteiger charge is -2.29. The van der Waals surface area contributed by atoms with Gasteiger partial charge in [-0.1, -0.05) is 11.6 Å². The maximum Gasteiger partial charge on any atom is 0.223 e. The Kier molecular flexibility index (Phi) is 7.35. The molecule has 0 amide bonds. The number of hydrogen-bond acceptors (Lipinski definition) is 9. The van der Waals surface area contributed by atoms with Gasteiger partial charge in [-0.15, -0.1) is 0 Å². The van der Waals surface area contributed by atoms with Gasteiger partial charge in [0.15, 0.2) is 5.82 Å². The quantitative estimate of drug-likeness (QED) is 0.462. The highest BCUT2D eigenvalue weighted by Gasteiger charge is 2.42. The average molecular weight is 457 g/mol. The second kappa shape index (κ2) is 10.4. The molecule has 3 N–H and O–H groups in total. The van der Waals surface area contributed by atoms with Crippen molar-refractivity contribution in [2.75, 3.05) is 37.4 Å². The molecule has 2 heterocycles.